The van der Waals surface area contributed by atoms with Crippen molar-refractivity contribution < 1.29 is 37.7 Å². The lowest BCUT2D eigenvalue weighted by molar-refractivity contribution is -0.137. The fraction of sp³-hybridized carbons (Fsp3) is 0.333. The second-order valence-electron chi connectivity index (χ2n) is 4.82. The van der Waals surface area contributed by atoms with Gasteiger partial charge in [0, 0.05) is 19.0 Å². The second kappa shape index (κ2) is 9.04. The van der Waals surface area contributed by atoms with Crippen molar-refractivity contribution in [2.45, 2.75) is 17.7 Å². The summed E-state index contributed by atoms with van der Waals surface area (Å²) in [6.07, 6.45) is 2.02. The number of carboxylic acids is 2. The minimum Gasteiger partial charge on any atom is -0.493 e. The Kier molecular flexibility index (Phi) is 7.40. The lowest BCUT2D eigenvalue weighted by Gasteiger charge is -2.15. The molecule has 0 saturated heterocycles. The van der Waals surface area contributed by atoms with E-state index in [1.54, 1.807) is 0 Å². The van der Waals surface area contributed by atoms with E-state index in [-0.39, 0.29) is 41.3 Å². The Balaban J connectivity index is 3.22. The third kappa shape index (κ3) is 6.08. The topological polar surface area (TPSA) is 139 Å². The maximum atomic E-state index is 12.5. The van der Waals surface area contributed by atoms with Crippen LogP contribution in [0.3, 0.4) is 0 Å². The molecule has 0 radical (unpaired) electrons. The van der Waals surface area contributed by atoms with Crippen molar-refractivity contribution in [2.75, 3.05) is 20.8 Å². The fourth-order valence-corrected chi connectivity index (χ4v) is 3.22. The maximum Gasteiger partial charge on any atom is 0.328 e. The number of hydrogen-bond acceptors (Lipinski definition) is 6. The highest BCUT2D eigenvalue weighted by molar-refractivity contribution is 7.89. The van der Waals surface area contributed by atoms with Crippen molar-refractivity contribution in [3.63, 3.8) is 0 Å². The normalized spacial score (nSPS) is 11.4. The zero-order valence-electron chi connectivity index (χ0n) is 13.7. The number of carbonyl (C=O) groups is 2. The smallest absolute Gasteiger partial charge is 0.328 e. The van der Waals surface area contributed by atoms with Crippen LogP contribution in [-0.2, 0) is 19.6 Å². The molecular weight excluding hydrogens is 354 g/mol. The number of carboxylic acid groups (broad SMARTS) is 2. The number of rotatable bonds is 10. The van der Waals surface area contributed by atoms with Gasteiger partial charge < -0.3 is 19.7 Å². The molecule has 0 heterocycles. The summed E-state index contributed by atoms with van der Waals surface area (Å²) in [5.41, 5.74) is 0.283. The highest BCUT2D eigenvalue weighted by atomic mass is 32.2. The lowest BCUT2D eigenvalue weighted by Crippen LogP contribution is -2.26. The predicted octanol–water partition coefficient (Wildman–Crippen LogP) is 0.945. The van der Waals surface area contributed by atoms with Crippen LogP contribution >= 0.6 is 0 Å². The minimum absolute atomic E-state index is 0.0410. The van der Waals surface area contributed by atoms with Crippen LogP contribution in [0.15, 0.2) is 23.1 Å². The van der Waals surface area contributed by atoms with E-state index in [1.165, 1.54) is 32.4 Å². The molecule has 10 heteroatoms. The first-order valence-electron chi connectivity index (χ1n) is 7.09. The van der Waals surface area contributed by atoms with Gasteiger partial charge in [-0.3, -0.25) is 4.79 Å². The molecule has 1 aromatic carbocycles. The van der Waals surface area contributed by atoms with Gasteiger partial charge in [-0.2, -0.15) is 0 Å². The van der Waals surface area contributed by atoms with Gasteiger partial charge in [-0.15, -0.1) is 0 Å². The molecule has 0 atom stereocenters. The molecule has 0 bridgehead atoms. The van der Waals surface area contributed by atoms with Crippen LogP contribution in [0.2, 0.25) is 0 Å². The first-order valence-corrected chi connectivity index (χ1v) is 8.58. The Labute approximate surface area is 144 Å². The van der Waals surface area contributed by atoms with Crippen LogP contribution in [0, 0.1) is 0 Å². The van der Waals surface area contributed by atoms with Crippen LogP contribution in [-0.4, -0.2) is 51.3 Å². The predicted molar refractivity (Wildman–Crippen MR) is 88.3 cm³/mol. The average Bonchev–Trinajstić information content (AvgIpc) is 2.55. The Hall–Kier alpha value is -2.59. The molecule has 0 amide bonds. The number of sulfonamides is 1. The summed E-state index contributed by atoms with van der Waals surface area (Å²) >= 11 is 0. The van der Waals surface area contributed by atoms with Crippen molar-refractivity contribution in [3.8, 4) is 11.5 Å². The third-order valence-corrected chi connectivity index (χ3v) is 4.50. The summed E-state index contributed by atoms with van der Waals surface area (Å²) in [5, 5.41) is 17.3. The Morgan fingerprint density at radius 3 is 2.40 bits per heavy atom. The molecule has 25 heavy (non-hydrogen) atoms. The van der Waals surface area contributed by atoms with Gasteiger partial charge in [-0.05, 0) is 30.2 Å². The molecule has 9 nitrogen and oxygen atoms in total. The number of nitrogens with one attached hydrogen (secondary N) is 1. The Bertz CT molecular complexity index is 770. The molecule has 3 N–H and O–H groups in total. The van der Waals surface area contributed by atoms with Crippen LogP contribution < -0.4 is 14.2 Å². The molecular formula is C15H19NO8S. The first kappa shape index (κ1) is 20.5. The van der Waals surface area contributed by atoms with Gasteiger partial charge in [-0.1, -0.05) is 0 Å². The quantitative estimate of drug-likeness (QED) is 0.407. The monoisotopic (exact) mass is 373 g/mol. The molecule has 0 aromatic heterocycles. The van der Waals surface area contributed by atoms with E-state index in [2.05, 4.69) is 4.72 Å². The molecule has 0 fully saturated rings. The molecule has 0 aliphatic heterocycles. The van der Waals surface area contributed by atoms with Crippen molar-refractivity contribution >= 4 is 28.0 Å². The van der Waals surface area contributed by atoms with Gasteiger partial charge >= 0.3 is 11.9 Å². The first-order chi connectivity index (χ1) is 11.7. The number of ether oxygens (including phenoxy) is 2. The number of benzene rings is 1. The van der Waals surface area contributed by atoms with Gasteiger partial charge in [0.2, 0.25) is 10.0 Å². The van der Waals surface area contributed by atoms with E-state index in [4.69, 9.17) is 19.7 Å². The average molecular weight is 373 g/mol. The minimum atomic E-state index is -4.02. The summed E-state index contributed by atoms with van der Waals surface area (Å²) in [4.78, 5) is 20.9. The largest absolute Gasteiger partial charge is 0.493 e. The molecule has 138 valence electrons. The molecule has 0 unspecified atom stereocenters. The van der Waals surface area contributed by atoms with Gasteiger partial charge in [0.1, 0.15) is 4.90 Å². The molecule has 0 aliphatic carbocycles. The van der Waals surface area contributed by atoms with E-state index in [9.17, 15) is 18.0 Å². The molecule has 0 saturated carbocycles. The number of methoxy groups -OCH3 is 2. The molecule has 1 aromatic rings. The summed E-state index contributed by atoms with van der Waals surface area (Å²) in [6, 6.07) is 2.67. The third-order valence-electron chi connectivity index (χ3n) is 3.03. The van der Waals surface area contributed by atoms with Crippen molar-refractivity contribution in [2.24, 2.45) is 0 Å². The SMILES string of the molecule is COc1cc(/C=C/C(=O)O)cc(S(=O)(=O)NCCCC(=O)O)c1OC. The van der Waals surface area contributed by atoms with Gasteiger partial charge in [0.05, 0.1) is 14.2 Å². The van der Waals surface area contributed by atoms with E-state index in [0.29, 0.717) is 0 Å². The highest BCUT2D eigenvalue weighted by Gasteiger charge is 2.23. The lowest BCUT2D eigenvalue weighted by atomic mass is 10.2. The zero-order valence-corrected chi connectivity index (χ0v) is 14.5. The number of aliphatic carboxylic acids is 2. The number of hydrogen-bond donors (Lipinski definition) is 3. The molecule has 1 rings (SSSR count). The standard InChI is InChI=1S/C15H19NO8S/c1-23-11-8-10(5-6-14(19)20)9-12(15(11)24-2)25(21,22)16-7-3-4-13(17)18/h5-6,8-9,16H,3-4,7H2,1-2H3,(H,17,18)(H,19,20)/b6-5+. The second-order valence-corrected chi connectivity index (χ2v) is 6.56. The van der Waals surface area contributed by atoms with Gasteiger partial charge in [0.15, 0.2) is 11.5 Å². The summed E-state index contributed by atoms with van der Waals surface area (Å²) in [5.74, 6) is -2.15. The summed E-state index contributed by atoms with van der Waals surface area (Å²) in [7, 11) is -1.43. The van der Waals surface area contributed by atoms with E-state index >= 15 is 0 Å². The molecule has 0 spiro atoms. The fourth-order valence-electron chi connectivity index (χ4n) is 1.94. The van der Waals surface area contributed by atoms with Crippen LogP contribution in [0.1, 0.15) is 18.4 Å². The zero-order chi connectivity index (χ0) is 19.0. The highest BCUT2D eigenvalue weighted by Crippen LogP contribution is 2.36. The van der Waals surface area contributed by atoms with Gasteiger partial charge in [-0.25, -0.2) is 17.9 Å². The van der Waals surface area contributed by atoms with Crippen molar-refractivity contribution in [1.82, 2.24) is 4.72 Å². The van der Waals surface area contributed by atoms with Crippen molar-refractivity contribution in [1.29, 1.82) is 0 Å². The van der Waals surface area contributed by atoms with E-state index in [0.717, 1.165) is 6.08 Å². The summed E-state index contributed by atoms with van der Waals surface area (Å²) in [6.45, 7) is -0.0741. The van der Waals surface area contributed by atoms with E-state index in [1.807, 2.05) is 0 Å². The van der Waals surface area contributed by atoms with Crippen molar-refractivity contribution in [3.05, 3.63) is 23.8 Å². The Morgan fingerprint density at radius 1 is 1.20 bits per heavy atom. The van der Waals surface area contributed by atoms with E-state index < -0.39 is 22.0 Å². The maximum absolute atomic E-state index is 12.5. The molecule has 0 aliphatic rings. The van der Waals surface area contributed by atoms with Crippen LogP contribution in [0.4, 0.5) is 0 Å². The van der Waals surface area contributed by atoms with Crippen LogP contribution in [0.5, 0.6) is 11.5 Å². The summed E-state index contributed by atoms with van der Waals surface area (Å²) < 4.78 is 37.4. The Morgan fingerprint density at radius 2 is 1.88 bits per heavy atom. The van der Waals surface area contributed by atoms with Crippen LogP contribution in [0.25, 0.3) is 6.08 Å². The van der Waals surface area contributed by atoms with Gasteiger partial charge in [0.25, 0.3) is 0 Å².